The maximum Gasteiger partial charge on any atom is 0.229 e. The minimum atomic E-state index is -0.183. The molecule has 3 aromatic rings. The summed E-state index contributed by atoms with van der Waals surface area (Å²) in [5.41, 5.74) is 7.81. The molecule has 6 nitrogen and oxygen atoms in total. The van der Waals surface area contributed by atoms with Crippen LogP contribution in [-0.4, -0.2) is 25.1 Å². The number of rotatable bonds is 3. The van der Waals surface area contributed by atoms with Gasteiger partial charge < -0.3 is 5.73 Å². The van der Waals surface area contributed by atoms with Crippen molar-refractivity contribution in [3.05, 3.63) is 54.0 Å². The number of hydrogen-bond donors (Lipinski definition) is 1. The minimum absolute atomic E-state index is 0.183. The number of nitrogens with zero attached hydrogens (tertiary/aromatic N) is 4. The van der Waals surface area contributed by atoms with E-state index >= 15 is 0 Å². The number of ketones is 1. The van der Waals surface area contributed by atoms with Crippen LogP contribution < -0.4 is 5.73 Å². The van der Waals surface area contributed by atoms with Crippen molar-refractivity contribution in [1.29, 1.82) is 0 Å². The highest BCUT2D eigenvalue weighted by Gasteiger charge is 2.20. The van der Waals surface area contributed by atoms with Crippen LogP contribution in [0.1, 0.15) is 41.6 Å². The first-order valence-electron chi connectivity index (χ1n) is 6.66. The number of aromatic nitrogens is 4. The van der Waals surface area contributed by atoms with Gasteiger partial charge >= 0.3 is 0 Å². The van der Waals surface area contributed by atoms with Crippen LogP contribution in [0.2, 0.25) is 0 Å². The first-order chi connectivity index (χ1) is 10.1. The largest absolute Gasteiger partial charge is 0.384 e. The fraction of sp³-hybridized carbons (Fsp3) is 0.200. The average Bonchev–Trinajstić information content (AvgIpc) is 2.86. The number of imidazole rings is 1. The van der Waals surface area contributed by atoms with Crippen molar-refractivity contribution >= 4 is 17.1 Å². The molecule has 0 saturated heterocycles. The van der Waals surface area contributed by atoms with Crippen molar-refractivity contribution in [2.75, 3.05) is 5.73 Å². The third kappa shape index (κ3) is 2.24. The van der Waals surface area contributed by atoms with Crippen molar-refractivity contribution in [2.45, 2.75) is 19.8 Å². The fourth-order valence-electron chi connectivity index (χ4n) is 2.26. The van der Waals surface area contributed by atoms with Crippen LogP contribution in [0.4, 0.5) is 5.82 Å². The molecule has 0 saturated carbocycles. The van der Waals surface area contributed by atoms with E-state index in [0.29, 0.717) is 17.2 Å². The molecule has 0 bridgehead atoms. The van der Waals surface area contributed by atoms with Crippen LogP contribution in [-0.2, 0) is 0 Å². The van der Waals surface area contributed by atoms with Crippen molar-refractivity contribution in [2.24, 2.45) is 0 Å². The van der Waals surface area contributed by atoms with E-state index < -0.39 is 0 Å². The summed E-state index contributed by atoms with van der Waals surface area (Å²) in [6, 6.07) is 3.19. The number of hydrogen-bond acceptors (Lipinski definition) is 5. The van der Waals surface area contributed by atoms with Gasteiger partial charge in [-0.15, -0.1) is 0 Å². The van der Waals surface area contributed by atoms with E-state index in [1.54, 1.807) is 35.1 Å². The molecule has 0 radical (unpaired) electrons. The molecular weight excluding hydrogens is 266 g/mol. The number of anilines is 1. The molecule has 0 amide bonds. The van der Waals surface area contributed by atoms with Crippen molar-refractivity contribution < 1.29 is 4.79 Å². The average molecular weight is 281 g/mol. The summed E-state index contributed by atoms with van der Waals surface area (Å²) in [7, 11) is 0. The van der Waals surface area contributed by atoms with Crippen LogP contribution in [0.15, 0.2) is 36.9 Å². The van der Waals surface area contributed by atoms with Gasteiger partial charge in [-0.1, -0.05) is 13.8 Å². The Hall–Kier alpha value is -2.76. The Morgan fingerprint density at radius 1 is 1.33 bits per heavy atom. The first-order valence-corrected chi connectivity index (χ1v) is 6.66. The molecule has 0 aliphatic carbocycles. The second-order valence-corrected chi connectivity index (χ2v) is 5.11. The quantitative estimate of drug-likeness (QED) is 0.743. The molecule has 3 heterocycles. The van der Waals surface area contributed by atoms with Crippen molar-refractivity contribution in [3.63, 3.8) is 0 Å². The Kier molecular flexibility index (Phi) is 3.13. The van der Waals surface area contributed by atoms with Gasteiger partial charge in [0.25, 0.3) is 0 Å². The van der Waals surface area contributed by atoms with E-state index in [1.165, 1.54) is 6.20 Å². The van der Waals surface area contributed by atoms with Gasteiger partial charge in [0.15, 0.2) is 5.82 Å². The molecule has 2 N–H and O–H groups in total. The number of nitrogen functional groups attached to an aromatic ring is 1. The van der Waals surface area contributed by atoms with Gasteiger partial charge in [0, 0.05) is 24.2 Å². The van der Waals surface area contributed by atoms with Crippen molar-refractivity contribution in [1.82, 2.24) is 19.4 Å². The lowest BCUT2D eigenvalue weighted by molar-refractivity contribution is 0.102. The van der Waals surface area contributed by atoms with Gasteiger partial charge in [-0.25, -0.2) is 9.97 Å². The monoisotopic (exact) mass is 281 g/mol. The summed E-state index contributed by atoms with van der Waals surface area (Å²) in [6.07, 6.45) is 6.62. The number of fused-ring (bicyclic) bond motifs is 1. The summed E-state index contributed by atoms with van der Waals surface area (Å²) in [6.45, 7) is 4.07. The molecule has 6 heteroatoms. The third-order valence-corrected chi connectivity index (χ3v) is 3.27. The van der Waals surface area contributed by atoms with Crippen molar-refractivity contribution in [3.8, 4) is 0 Å². The van der Waals surface area contributed by atoms with Gasteiger partial charge in [-0.05, 0) is 18.1 Å². The molecule has 0 aliphatic rings. The molecule has 0 fully saturated rings. The molecule has 0 aliphatic heterocycles. The second-order valence-electron chi connectivity index (χ2n) is 5.11. The highest BCUT2D eigenvalue weighted by atomic mass is 16.1. The van der Waals surface area contributed by atoms with Crippen LogP contribution in [0.25, 0.3) is 5.52 Å². The Bertz CT molecular complexity index is 822. The number of carbonyl (C=O) groups is 1. The second kappa shape index (κ2) is 4.97. The van der Waals surface area contributed by atoms with E-state index in [1.807, 2.05) is 13.8 Å². The zero-order valence-corrected chi connectivity index (χ0v) is 11.8. The van der Waals surface area contributed by atoms with E-state index in [2.05, 4.69) is 15.0 Å². The predicted octanol–water partition coefficient (Wildman–Crippen LogP) is 2.06. The van der Waals surface area contributed by atoms with Gasteiger partial charge in [-0.3, -0.25) is 14.2 Å². The third-order valence-electron chi connectivity index (χ3n) is 3.27. The summed E-state index contributed by atoms with van der Waals surface area (Å²) in [5.74, 6) is 0.694. The van der Waals surface area contributed by atoms with E-state index in [4.69, 9.17) is 5.73 Å². The Balaban J connectivity index is 2.19. The fourth-order valence-corrected chi connectivity index (χ4v) is 2.26. The molecule has 3 aromatic heterocycles. The Labute approximate surface area is 121 Å². The van der Waals surface area contributed by atoms with Crippen LogP contribution >= 0.6 is 0 Å². The topological polar surface area (TPSA) is 86.2 Å². The van der Waals surface area contributed by atoms with Gasteiger partial charge in [-0.2, -0.15) is 0 Å². The lowest BCUT2D eigenvalue weighted by Crippen LogP contribution is -2.08. The maximum absolute atomic E-state index is 12.7. The highest BCUT2D eigenvalue weighted by molar-refractivity contribution is 6.07. The van der Waals surface area contributed by atoms with E-state index in [9.17, 15) is 4.79 Å². The van der Waals surface area contributed by atoms with Crippen LogP contribution in [0.3, 0.4) is 0 Å². The summed E-state index contributed by atoms with van der Waals surface area (Å²) in [5, 5.41) is 0. The van der Waals surface area contributed by atoms with Gasteiger partial charge in [0.2, 0.25) is 5.78 Å². The lowest BCUT2D eigenvalue weighted by Gasteiger charge is -2.01. The number of nitrogens with two attached hydrogens (primary N) is 1. The number of carbonyl (C=O) groups excluding carboxylic acids is 1. The van der Waals surface area contributed by atoms with Crippen LogP contribution in [0, 0.1) is 0 Å². The Morgan fingerprint density at radius 2 is 2.14 bits per heavy atom. The predicted molar refractivity (Wildman–Crippen MR) is 79.2 cm³/mol. The maximum atomic E-state index is 12.7. The first kappa shape index (κ1) is 13.2. The normalized spacial score (nSPS) is 11.2. The number of pyridine rings is 1. The minimum Gasteiger partial charge on any atom is -0.384 e. The molecule has 21 heavy (non-hydrogen) atoms. The lowest BCUT2D eigenvalue weighted by atomic mass is 10.1. The standard InChI is InChI=1S/C15H15N5O/c1-9(2)13-11-8-17-5-6-20(11)15(19-13)14(21)10-3-4-18-12(16)7-10/h3-9H,1-2H3,(H2,16,18). The van der Waals surface area contributed by atoms with Crippen LogP contribution in [0.5, 0.6) is 0 Å². The van der Waals surface area contributed by atoms with E-state index in [-0.39, 0.29) is 11.7 Å². The summed E-state index contributed by atoms with van der Waals surface area (Å²) < 4.78 is 1.77. The summed E-state index contributed by atoms with van der Waals surface area (Å²) in [4.78, 5) is 25.2. The molecule has 106 valence electrons. The zero-order chi connectivity index (χ0) is 15.0. The molecule has 0 spiro atoms. The smallest absolute Gasteiger partial charge is 0.229 e. The summed E-state index contributed by atoms with van der Waals surface area (Å²) >= 11 is 0. The van der Waals surface area contributed by atoms with E-state index in [0.717, 1.165) is 11.2 Å². The molecule has 3 rings (SSSR count). The van der Waals surface area contributed by atoms with Gasteiger partial charge in [0.05, 0.1) is 17.4 Å². The molecule has 0 aromatic carbocycles. The zero-order valence-electron chi connectivity index (χ0n) is 11.8. The molecular formula is C15H15N5O. The SMILES string of the molecule is CC(C)c1nc(C(=O)c2ccnc(N)c2)n2ccncc12. The molecule has 0 unspecified atom stereocenters. The molecule has 0 atom stereocenters. The Morgan fingerprint density at radius 3 is 2.86 bits per heavy atom. The van der Waals surface area contributed by atoms with Gasteiger partial charge in [0.1, 0.15) is 5.82 Å². The highest BCUT2D eigenvalue weighted by Crippen LogP contribution is 2.22.